The van der Waals surface area contributed by atoms with Crippen LogP contribution in [0.25, 0.3) is 0 Å². The van der Waals surface area contributed by atoms with E-state index in [1.54, 1.807) is 0 Å². The summed E-state index contributed by atoms with van der Waals surface area (Å²) in [5.41, 5.74) is 27.9. The third-order valence-electron chi connectivity index (χ3n) is 13.9. The molecular weight excluding hydrogens is 1240 g/mol. The van der Waals surface area contributed by atoms with Crippen LogP contribution in [-0.2, 0) is 24.0 Å². The first-order chi connectivity index (χ1) is 45.3. The van der Waals surface area contributed by atoms with Crippen molar-refractivity contribution in [3.8, 4) is 23.0 Å². The summed E-state index contributed by atoms with van der Waals surface area (Å²) in [4.78, 5) is 123. The van der Waals surface area contributed by atoms with Gasteiger partial charge in [0.05, 0.1) is 63.2 Å². The first-order valence-electron chi connectivity index (χ1n) is 29.7. The second-order valence-electron chi connectivity index (χ2n) is 21.0. The number of rotatable bonds is 39. The first-order valence-corrected chi connectivity index (χ1v) is 29.7. The van der Waals surface area contributed by atoms with Crippen LogP contribution in [0.1, 0.15) is 106 Å². The van der Waals surface area contributed by atoms with Gasteiger partial charge in [0.2, 0.25) is 23.6 Å². The minimum atomic E-state index is -1.34. The van der Waals surface area contributed by atoms with Gasteiger partial charge < -0.3 is 117 Å². The number of benzene rings is 4. The number of carboxylic acids is 1. The molecule has 4 atom stereocenters. The van der Waals surface area contributed by atoms with Crippen LogP contribution in [0, 0.1) is 21.6 Å². The lowest BCUT2D eigenvalue weighted by Gasteiger charge is -2.22. The lowest BCUT2D eigenvalue weighted by atomic mass is 10.1. The molecule has 95 heavy (non-hydrogen) atoms. The van der Waals surface area contributed by atoms with Crippen molar-refractivity contribution in [3.63, 3.8) is 0 Å². The standard InChI is InChI=1S/C60H85N21O14/c1-92-44-18-15-33(28-36(44)49(84)70-27-22-48(82)83)76-54(89)41(11-5-6-23-71-57(62)63)79-50(85)38-30-34(16-20-46(38)94-3)77-56(91)43(13-9-26-74-60(68)69)81-52(87)39-31-35(17-21-47(39)95-4)78-55(90)42(12-8-25-73-59(66)67)80-51(86)37-29-32(14-19-45(37)93-2)75-53(88)40(61)10-7-24-72-58(64)65/h14-21,28-31,40-43H,5-13,22-27,61H2,1-4H3,(H,70,84)(H,75,88)(H,76,89)(H,77,91)(H,78,90)(H,79,85)(H,80,86)(H,81,87)(H,82,83)(H4,62,63,71)(H4,64,65,72)(H4,66,67,73)(H4,68,69,74)/t40-,41-,42-,43-/m0/s1. The van der Waals surface area contributed by atoms with Crippen molar-refractivity contribution in [1.29, 1.82) is 21.6 Å². The van der Waals surface area contributed by atoms with Crippen LogP contribution in [-0.4, -0.2) is 168 Å². The number of guanidine groups is 4. The van der Waals surface area contributed by atoms with E-state index in [1.807, 2.05) is 0 Å². The normalized spacial score (nSPS) is 11.8. The lowest BCUT2D eigenvalue weighted by molar-refractivity contribution is -0.137. The molecule has 0 aliphatic heterocycles. The average molecular weight is 1320 g/mol. The molecule has 35 heteroatoms. The van der Waals surface area contributed by atoms with Crippen molar-refractivity contribution in [2.24, 2.45) is 28.7 Å². The van der Waals surface area contributed by atoms with Gasteiger partial charge in [-0.15, -0.1) is 0 Å². The summed E-state index contributed by atoms with van der Waals surface area (Å²) >= 11 is 0. The number of hydrogen-bond donors (Lipinski definition) is 22. The molecule has 0 aromatic heterocycles. The molecule has 0 fully saturated rings. The van der Waals surface area contributed by atoms with Crippen molar-refractivity contribution in [1.82, 2.24) is 42.5 Å². The zero-order valence-electron chi connectivity index (χ0n) is 53.0. The molecule has 35 nitrogen and oxygen atoms in total. The fourth-order valence-electron chi connectivity index (χ4n) is 9.10. The van der Waals surface area contributed by atoms with E-state index in [0.29, 0.717) is 25.8 Å². The van der Waals surface area contributed by atoms with Crippen LogP contribution < -0.4 is 111 Å². The second kappa shape index (κ2) is 38.9. The maximum absolute atomic E-state index is 14.4. The lowest BCUT2D eigenvalue weighted by Crippen LogP contribution is -2.45. The van der Waals surface area contributed by atoms with Crippen LogP contribution >= 0.6 is 0 Å². The van der Waals surface area contributed by atoms with Crippen LogP contribution in [0.3, 0.4) is 0 Å². The van der Waals surface area contributed by atoms with Gasteiger partial charge in [0, 0.05) is 55.5 Å². The quantitative estimate of drug-likeness (QED) is 0.0157. The number of aliphatic carboxylic acids is 1. The number of methoxy groups -OCH3 is 4. The van der Waals surface area contributed by atoms with E-state index in [2.05, 4.69) is 63.8 Å². The summed E-state index contributed by atoms with van der Waals surface area (Å²) in [7, 11) is 5.22. The maximum atomic E-state index is 14.4. The zero-order valence-corrected chi connectivity index (χ0v) is 53.0. The highest BCUT2D eigenvalue weighted by Crippen LogP contribution is 2.28. The van der Waals surface area contributed by atoms with Crippen molar-refractivity contribution in [2.45, 2.75) is 88.4 Å². The van der Waals surface area contributed by atoms with Gasteiger partial charge >= 0.3 is 5.97 Å². The van der Waals surface area contributed by atoms with E-state index in [0.717, 1.165) is 0 Å². The molecular formula is C60H85N21O14. The number of nitrogens with two attached hydrogens (primary N) is 5. The molecule has 0 bridgehead atoms. The highest BCUT2D eigenvalue weighted by molar-refractivity contribution is 6.08. The second-order valence-corrected chi connectivity index (χ2v) is 21.0. The first kappa shape index (κ1) is 75.8. The van der Waals surface area contributed by atoms with E-state index in [1.165, 1.54) is 101 Å². The smallest absolute Gasteiger partial charge is 0.305 e. The average Bonchev–Trinajstić information content (AvgIpc) is 0.852. The Bertz CT molecular complexity index is 3420. The molecule has 0 saturated carbocycles. The third-order valence-corrected chi connectivity index (χ3v) is 13.9. The van der Waals surface area contributed by atoms with Gasteiger partial charge in [0.25, 0.3) is 23.6 Å². The molecule has 0 unspecified atom stereocenters. The third kappa shape index (κ3) is 25.9. The van der Waals surface area contributed by atoms with E-state index >= 15 is 0 Å². The summed E-state index contributed by atoms with van der Waals surface area (Å²) in [5.74, 6) is -8.00. The Morgan fingerprint density at radius 2 is 0.674 bits per heavy atom. The Morgan fingerprint density at radius 3 is 0.979 bits per heavy atom. The zero-order chi connectivity index (χ0) is 70.1. The molecule has 0 spiro atoms. The molecule has 0 aliphatic rings. The number of anilines is 4. The molecule has 0 saturated heterocycles. The predicted octanol–water partition coefficient (Wildman–Crippen LogP) is -0.154. The molecule has 0 radical (unpaired) electrons. The summed E-state index contributed by atoms with van der Waals surface area (Å²) in [6.45, 7) is 0.644. The Kier molecular flexibility index (Phi) is 31.0. The van der Waals surface area contributed by atoms with Gasteiger partial charge in [-0.2, -0.15) is 0 Å². The number of ether oxygens (including phenoxy) is 4. The van der Waals surface area contributed by atoms with Gasteiger partial charge in [-0.05, 0) is 131 Å². The number of carboxylic acid groups (broad SMARTS) is 1. The number of hydrogen-bond acceptors (Lipinski definition) is 18. The molecule has 8 amide bonds. The summed E-state index contributed by atoms with van der Waals surface area (Å²) in [6.07, 6.45) is 1.42. The number of amides is 8. The van der Waals surface area contributed by atoms with Crippen LogP contribution in [0.4, 0.5) is 22.7 Å². The number of unbranched alkanes of at least 4 members (excludes halogenated alkanes) is 1. The van der Waals surface area contributed by atoms with Crippen molar-refractivity contribution in [2.75, 3.05) is 82.4 Å². The topological polar surface area (TPSA) is 581 Å². The van der Waals surface area contributed by atoms with Gasteiger partial charge in [-0.3, -0.25) is 64.8 Å². The fourth-order valence-corrected chi connectivity index (χ4v) is 9.10. The summed E-state index contributed by atoms with van der Waals surface area (Å²) in [6, 6.07) is 11.8. The van der Waals surface area contributed by atoms with Gasteiger partial charge in [0.1, 0.15) is 41.1 Å². The van der Waals surface area contributed by atoms with E-state index < -0.39 is 77.4 Å². The summed E-state index contributed by atoms with van der Waals surface area (Å²) < 4.78 is 21.8. The summed E-state index contributed by atoms with van der Waals surface area (Å²) in [5, 5.41) is 71.1. The molecule has 27 N–H and O–H groups in total. The van der Waals surface area contributed by atoms with Gasteiger partial charge in [-0.25, -0.2) is 0 Å². The van der Waals surface area contributed by atoms with Crippen LogP contribution in [0.5, 0.6) is 23.0 Å². The Hall–Kier alpha value is -11.7. The molecule has 0 aliphatic carbocycles. The Morgan fingerprint density at radius 1 is 0.389 bits per heavy atom. The fraction of sp³-hybridized carbons (Fsp3) is 0.383. The Balaban J connectivity index is 1.60. The van der Waals surface area contributed by atoms with E-state index in [4.69, 9.17) is 74.4 Å². The van der Waals surface area contributed by atoms with Gasteiger partial charge in [0.15, 0.2) is 23.8 Å². The van der Waals surface area contributed by atoms with Crippen molar-refractivity contribution < 1.29 is 67.2 Å². The monoisotopic (exact) mass is 1320 g/mol. The van der Waals surface area contributed by atoms with Crippen molar-refractivity contribution >= 4 is 99.8 Å². The minimum absolute atomic E-state index is 0.0136. The number of carbonyl (C=O) groups is 9. The van der Waals surface area contributed by atoms with E-state index in [9.17, 15) is 43.2 Å². The highest BCUT2D eigenvalue weighted by Gasteiger charge is 2.29. The van der Waals surface area contributed by atoms with E-state index in [-0.39, 0.29) is 163 Å². The van der Waals surface area contributed by atoms with Crippen molar-refractivity contribution in [3.05, 3.63) is 95.1 Å². The SMILES string of the molecule is COc1ccc(NC(=O)[C@H](CCCCNC(=N)N)NC(=O)c2cc(NC(=O)[C@H](CCCNC(=N)N)NC(=O)c3cc(NC(=O)[C@H](CCCNC(=N)N)NC(=O)c4cc(NC(=O)[C@@H](N)CCCNC(=N)N)ccc4OC)ccc3OC)ccc2OC)cc1C(=O)NCCC(=O)O. The number of carbonyl (C=O) groups excluding carboxylic acids is 8. The molecule has 514 valence electrons. The number of nitrogens with one attached hydrogen (secondary N) is 16. The Labute approximate surface area is 546 Å². The minimum Gasteiger partial charge on any atom is -0.496 e. The molecule has 4 aromatic rings. The van der Waals surface area contributed by atoms with Crippen LogP contribution in [0.2, 0.25) is 0 Å². The highest BCUT2D eigenvalue weighted by atomic mass is 16.5. The van der Waals surface area contributed by atoms with Gasteiger partial charge in [-0.1, -0.05) is 0 Å². The molecule has 4 rings (SSSR count). The van der Waals surface area contributed by atoms with Crippen LogP contribution in [0.15, 0.2) is 72.8 Å². The molecule has 0 heterocycles. The predicted molar refractivity (Wildman–Crippen MR) is 354 cm³/mol. The molecule has 4 aromatic carbocycles. The maximum Gasteiger partial charge on any atom is 0.305 e. The largest absolute Gasteiger partial charge is 0.496 e.